The number of halogens is 1. The molecule has 7 heteroatoms. The van der Waals surface area contributed by atoms with Crippen molar-refractivity contribution in [2.24, 2.45) is 10.9 Å². The minimum atomic E-state index is 0. The molecule has 1 aliphatic rings. The van der Waals surface area contributed by atoms with Crippen LogP contribution in [-0.2, 0) is 17.9 Å². The Balaban J connectivity index is 0.00000320. The topological polar surface area (TPSA) is 67.8 Å². The minimum Gasteiger partial charge on any atom is -0.473 e. The molecule has 1 fully saturated rings. The van der Waals surface area contributed by atoms with Gasteiger partial charge in [0.2, 0.25) is 5.88 Å². The second-order valence-corrected chi connectivity index (χ2v) is 7.24. The summed E-state index contributed by atoms with van der Waals surface area (Å²) < 4.78 is 11.6. The maximum absolute atomic E-state index is 5.93. The lowest BCUT2D eigenvalue weighted by Gasteiger charge is -2.12. The highest BCUT2D eigenvalue weighted by Gasteiger charge is 2.20. The van der Waals surface area contributed by atoms with Gasteiger partial charge < -0.3 is 20.1 Å². The minimum absolute atomic E-state index is 0. The molecule has 164 valence electrons. The van der Waals surface area contributed by atoms with Gasteiger partial charge in [-0.2, -0.15) is 0 Å². The molecule has 0 atom stereocenters. The molecule has 1 aliphatic carbocycles. The molecule has 1 aromatic carbocycles. The van der Waals surface area contributed by atoms with Crippen molar-refractivity contribution < 1.29 is 9.47 Å². The van der Waals surface area contributed by atoms with Gasteiger partial charge in [0.25, 0.3) is 0 Å². The molecule has 2 N–H and O–H groups in total. The Hall–Kier alpha value is -1.87. The van der Waals surface area contributed by atoms with Crippen molar-refractivity contribution >= 4 is 29.9 Å². The number of nitrogens with zero attached hydrogens (tertiary/aromatic N) is 2. The summed E-state index contributed by atoms with van der Waals surface area (Å²) in [6, 6.07) is 14.0. The molecular weight excluding hydrogens is 491 g/mol. The number of aliphatic imine (C=N–C) groups is 1. The van der Waals surface area contributed by atoms with Gasteiger partial charge in [-0.05, 0) is 43.7 Å². The third-order valence-electron chi connectivity index (χ3n) is 4.63. The lowest BCUT2D eigenvalue weighted by molar-refractivity contribution is 0.123. The van der Waals surface area contributed by atoms with Crippen molar-refractivity contribution in [1.82, 2.24) is 15.6 Å². The molecule has 0 unspecified atom stereocenters. The zero-order valence-corrected chi connectivity index (χ0v) is 20.0. The number of ether oxygens (including phenoxy) is 2. The van der Waals surface area contributed by atoms with Crippen LogP contribution < -0.4 is 15.4 Å². The monoisotopic (exact) mass is 524 g/mol. The lowest BCUT2D eigenvalue weighted by atomic mass is 10.2. The first-order valence-corrected chi connectivity index (χ1v) is 10.6. The number of hydrogen-bond acceptors (Lipinski definition) is 4. The number of hydrogen-bond donors (Lipinski definition) is 2. The maximum atomic E-state index is 5.93. The maximum Gasteiger partial charge on any atom is 0.218 e. The Kier molecular flexibility index (Phi) is 11.5. The molecule has 3 rings (SSSR count). The quantitative estimate of drug-likeness (QED) is 0.189. The van der Waals surface area contributed by atoms with Gasteiger partial charge in [-0.25, -0.2) is 9.98 Å². The largest absolute Gasteiger partial charge is 0.473 e. The van der Waals surface area contributed by atoms with Gasteiger partial charge >= 0.3 is 0 Å². The Morgan fingerprint density at radius 2 is 1.97 bits per heavy atom. The number of nitrogens with one attached hydrogen (secondary N) is 2. The zero-order chi connectivity index (χ0) is 20.2. The Bertz CT molecular complexity index is 754. The number of pyridine rings is 1. The highest BCUT2D eigenvalue weighted by Crippen LogP contribution is 2.28. The summed E-state index contributed by atoms with van der Waals surface area (Å²) in [7, 11) is 0. The molecule has 0 radical (unpaired) electrons. The van der Waals surface area contributed by atoms with Crippen LogP contribution in [0.1, 0.15) is 37.3 Å². The standard InChI is InChI=1S/C23H32N4O2.HI/c1-2-24-23(26-14-7-15-28-17-20-11-12-20)27-16-21-10-6-13-25-22(21)29-18-19-8-4-3-5-9-19;/h3-6,8-10,13,20H,2,7,11-12,14-18H2,1H3,(H2,24,26,27);1H. The summed E-state index contributed by atoms with van der Waals surface area (Å²) in [5.41, 5.74) is 2.08. The highest BCUT2D eigenvalue weighted by molar-refractivity contribution is 14.0. The van der Waals surface area contributed by atoms with Crippen LogP contribution in [0.15, 0.2) is 53.7 Å². The van der Waals surface area contributed by atoms with E-state index in [0.29, 0.717) is 19.0 Å². The first-order chi connectivity index (χ1) is 14.3. The van der Waals surface area contributed by atoms with Crippen molar-refractivity contribution in [3.63, 3.8) is 0 Å². The van der Waals surface area contributed by atoms with E-state index in [2.05, 4.69) is 27.5 Å². The fourth-order valence-electron chi connectivity index (χ4n) is 2.82. The Labute approximate surface area is 196 Å². The molecule has 1 saturated carbocycles. The van der Waals surface area contributed by atoms with Crippen LogP contribution in [0.5, 0.6) is 5.88 Å². The smallest absolute Gasteiger partial charge is 0.218 e. The Morgan fingerprint density at radius 1 is 1.13 bits per heavy atom. The summed E-state index contributed by atoms with van der Waals surface area (Å²) in [5, 5.41) is 6.66. The first kappa shape index (κ1) is 24.4. The third kappa shape index (κ3) is 9.30. The van der Waals surface area contributed by atoms with E-state index >= 15 is 0 Å². The Morgan fingerprint density at radius 3 is 2.73 bits per heavy atom. The molecule has 0 aliphatic heterocycles. The van der Waals surface area contributed by atoms with Gasteiger partial charge in [0.05, 0.1) is 6.54 Å². The summed E-state index contributed by atoms with van der Waals surface area (Å²) in [4.78, 5) is 9.07. The van der Waals surface area contributed by atoms with Gasteiger partial charge in [0.1, 0.15) is 6.61 Å². The zero-order valence-electron chi connectivity index (χ0n) is 17.7. The van der Waals surface area contributed by atoms with Crippen molar-refractivity contribution in [2.75, 3.05) is 26.3 Å². The van der Waals surface area contributed by atoms with E-state index in [9.17, 15) is 0 Å². The molecule has 30 heavy (non-hydrogen) atoms. The van der Waals surface area contributed by atoms with E-state index in [1.54, 1.807) is 6.20 Å². The van der Waals surface area contributed by atoms with Crippen molar-refractivity contribution in [3.05, 3.63) is 59.8 Å². The molecule has 2 aromatic rings. The lowest BCUT2D eigenvalue weighted by Crippen LogP contribution is -2.38. The van der Waals surface area contributed by atoms with Crippen molar-refractivity contribution in [2.45, 2.75) is 39.3 Å². The molecule has 6 nitrogen and oxygen atoms in total. The average molecular weight is 524 g/mol. The van der Waals surface area contributed by atoms with Crippen LogP contribution in [0, 0.1) is 5.92 Å². The van der Waals surface area contributed by atoms with Gasteiger partial charge in [0.15, 0.2) is 5.96 Å². The molecule has 1 heterocycles. The predicted molar refractivity (Wildman–Crippen MR) is 131 cm³/mol. The SMILES string of the molecule is CCNC(=NCc1cccnc1OCc1ccccc1)NCCCOCC1CC1.I. The second-order valence-electron chi connectivity index (χ2n) is 7.24. The third-order valence-corrected chi connectivity index (χ3v) is 4.63. The highest BCUT2D eigenvalue weighted by atomic mass is 127. The number of aromatic nitrogens is 1. The summed E-state index contributed by atoms with van der Waals surface area (Å²) in [6.07, 6.45) is 5.38. The molecule has 0 amide bonds. The van der Waals surface area contributed by atoms with Crippen LogP contribution in [0.25, 0.3) is 0 Å². The van der Waals surface area contributed by atoms with E-state index in [0.717, 1.165) is 55.7 Å². The molecule has 0 spiro atoms. The van der Waals surface area contributed by atoms with Crippen LogP contribution in [-0.4, -0.2) is 37.2 Å². The molecule has 1 aromatic heterocycles. The average Bonchev–Trinajstić information content (AvgIpc) is 3.58. The van der Waals surface area contributed by atoms with E-state index < -0.39 is 0 Å². The van der Waals surface area contributed by atoms with Crippen LogP contribution in [0.4, 0.5) is 0 Å². The number of benzene rings is 1. The number of guanidine groups is 1. The normalized spacial score (nSPS) is 13.4. The number of rotatable bonds is 12. The van der Waals surface area contributed by atoms with E-state index in [4.69, 9.17) is 9.47 Å². The van der Waals surface area contributed by atoms with Crippen LogP contribution >= 0.6 is 24.0 Å². The predicted octanol–water partition coefficient (Wildman–Crippen LogP) is 4.15. The van der Waals surface area contributed by atoms with Gasteiger partial charge in [-0.15, -0.1) is 24.0 Å². The van der Waals surface area contributed by atoms with Crippen LogP contribution in [0.3, 0.4) is 0 Å². The van der Waals surface area contributed by atoms with E-state index in [1.165, 1.54) is 12.8 Å². The van der Waals surface area contributed by atoms with Crippen molar-refractivity contribution in [3.8, 4) is 5.88 Å². The molecule has 0 saturated heterocycles. The summed E-state index contributed by atoms with van der Waals surface area (Å²) >= 11 is 0. The summed E-state index contributed by atoms with van der Waals surface area (Å²) in [6.45, 7) is 6.42. The fourth-order valence-corrected chi connectivity index (χ4v) is 2.82. The van der Waals surface area contributed by atoms with E-state index in [1.807, 2.05) is 42.5 Å². The van der Waals surface area contributed by atoms with Crippen molar-refractivity contribution in [1.29, 1.82) is 0 Å². The van der Waals surface area contributed by atoms with E-state index in [-0.39, 0.29) is 24.0 Å². The summed E-state index contributed by atoms with van der Waals surface area (Å²) in [5.74, 6) is 2.25. The second kappa shape index (κ2) is 14.2. The molecule has 0 bridgehead atoms. The van der Waals surface area contributed by atoms with Gasteiger partial charge in [0, 0.05) is 38.1 Å². The fraction of sp³-hybridized carbons (Fsp3) is 0.478. The van der Waals surface area contributed by atoms with Crippen LogP contribution in [0.2, 0.25) is 0 Å². The van der Waals surface area contributed by atoms with Gasteiger partial charge in [-0.3, -0.25) is 0 Å². The first-order valence-electron chi connectivity index (χ1n) is 10.6. The van der Waals surface area contributed by atoms with Gasteiger partial charge in [-0.1, -0.05) is 36.4 Å². The molecular formula is C23H33IN4O2.